The summed E-state index contributed by atoms with van der Waals surface area (Å²) in [5, 5.41) is 13.4. The third-order valence-electron chi connectivity index (χ3n) is 5.06. The maximum atomic E-state index is 12.6. The van der Waals surface area contributed by atoms with Gasteiger partial charge in [-0.25, -0.2) is 0 Å². The Balaban J connectivity index is 1.60. The number of rotatable bonds is 6. The highest BCUT2D eigenvalue weighted by Gasteiger charge is 2.15. The fourth-order valence-electron chi connectivity index (χ4n) is 3.71. The Kier molecular flexibility index (Phi) is 5.73. The van der Waals surface area contributed by atoms with Crippen molar-refractivity contribution in [1.29, 1.82) is 0 Å². The van der Waals surface area contributed by atoms with Crippen molar-refractivity contribution >= 4 is 39.9 Å². The highest BCUT2D eigenvalue weighted by molar-refractivity contribution is 7.99. The van der Waals surface area contributed by atoms with E-state index in [4.69, 9.17) is 9.47 Å². The normalized spacial score (nSPS) is 11.1. The molecule has 0 aliphatic rings. The number of ether oxygens (including phenoxy) is 2. The van der Waals surface area contributed by atoms with Crippen LogP contribution in [0.25, 0.3) is 16.6 Å². The SMILES string of the molecule is COc1cc(NC(=O)CSc2nnc3cc(C)c4cc(C)cc(C)c4n23)cc(OC)c1. The van der Waals surface area contributed by atoms with E-state index in [1.807, 2.05) is 10.5 Å². The Labute approximate surface area is 184 Å². The number of pyridine rings is 1. The number of aromatic nitrogens is 3. The second kappa shape index (κ2) is 8.47. The van der Waals surface area contributed by atoms with Crippen molar-refractivity contribution in [1.82, 2.24) is 14.6 Å². The lowest BCUT2D eigenvalue weighted by Gasteiger charge is -2.12. The van der Waals surface area contributed by atoms with Gasteiger partial charge in [-0.3, -0.25) is 9.20 Å². The molecule has 0 radical (unpaired) electrons. The summed E-state index contributed by atoms with van der Waals surface area (Å²) < 4.78 is 12.5. The van der Waals surface area contributed by atoms with Crippen molar-refractivity contribution in [3.05, 3.63) is 53.1 Å². The molecule has 160 valence electrons. The fraction of sp³-hybridized carbons (Fsp3) is 0.261. The van der Waals surface area contributed by atoms with Gasteiger partial charge in [-0.1, -0.05) is 23.4 Å². The van der Waals surface area contributed by atoms with Gasteiger partial charge in [0.05, 0.1) is 25.5 Å². The van der Waals surface area contributed by atoms with Crippen molar-refractivity contribution in [2.24, 2.45) is 0 Å². The Hall–Kier alpha value is -3.26. The van der Waals surface area contributed by atoms with E-state index in [1.54, 1.807) is 32.4 Å². The van der Waals surface area contributed by atoms with Crippen LogP contribution in [0.5, 0.6) is 11.5 Å². The van der Waals surface area contributed by atoms with E-state index in [2.05, 4.69) is 48.4 Å². The first-order valence-electron chi connectivity index (χ1n) is 9.81. The van der Waals surface area contributed by atoms with Gasteiger partial charge in [-0.2, -0.15) is 0 Å². The zero-order valence-corrected chi connectivity index (χ0v) is 19.0. The lowest BCUT2D eigenvalue weighted by molar-refractivity contribution is -0.113. The molecule has 0 fully saturated rings. The van der Waals surface area contributed by atoms with Crippen LogP contribution in [0.3, 0.4) is 0 Å². The number of nitrogens with zero attached hydrogens (tertiary/aromatic N) is 3. The van der Waals surface area contributed by atoms with Crippen LogP contribution in [0.2, 0.25) is 0 Å². The number of benzene rings is 2. The van der Waals surface area contributed by atoms with Gasteiger partial charge in [0.1, 0.15) is 11.5 Å². The molecule has 0 atom stereocenters. The lowest BCUT2D eigenvalue weighted by atomic mass is 10.0. The summed E-state index contributed by atoms with van der Waals surface area (Å²) in [5.41, 5.74) is 5.98. The molecule has 4 aromatic rings. The minimum atomic E-state index is -0.152. The molecule has 1 N–H and O–H groups in total. The number of methoxy groups -OCH3 is 2. The summed E-state index contributed by atoms with van der Waals surface area (Å²) >= 11 is 1.35. The van der Waals surface area contributed by atoms with Crippen LogP contribution in [0.15, 0.2) is 41.6 Å². The molecule has 0 saturated heterocycles. The number of hydrogen-bond donors (Lipinski definition) is 1. The number of carbonyl (C=O) groups is 1. The van der Waals surface area contributed by atoms with Gasteiger partial charge in [-0.15, -0.1) is 10.2 Å². The molecule has 0 aliphatic heterocycles. The number of carbonyl (C=O) groups excluding carboxylic acids is 1. The zero-order valence-electron chi connectivity index (χ0n) is 18.1. The molecule has 2 aromatic carbocycles. The molecule has 7 nitrogen and oxygen atoms in total. The highest BCUT2D eigenvalue weighted by Crippen LogP contribution is 2.30. The van der Waals surface area contributed by atoms with Crippen molar-refractivity contribution in [3.8, 4) is 11.5 Å². The minimum Gasteiger partial charge on any atom is -0.497 e. The lowest BCUT2D eigenvalue weighted by Crippen LogP contribution is -2.14. The van der Waals surface area contributed by atoms with Crippen LogP contribution in [0, 0.1) is 20.8 Å². The Morgan fingerprint density at radius 3 is 2.35 bits per heavy atom. The molecular weight excluding hydrogens is 412 g/mol. The first-order valence-corrected chi connectivity index (χ1v) is 10.8. The zero-order chi connectivity index (χ0) is 22.1. The maximum Gasteiger partial charge on any atom is 0.234 e. The summed E-state index contributed by atoms with van der Waals surface area (Å²) in [6.07, 6.45) is 0. The van der Waals surface area contributed by atoms with Crippen LogP contribution in [0.4, 0.5) is 5.69 Å². The van der Waals surface area contributed by atoms with Gasteiger partial charge in [0.15, 0.2) is 10.8 Å². The average molecular weight is 437 g/mol. The first kappa shape index (κ1) is 21.0. The molecular formula is C23H24N4O3S. The highest BCUT2D eigenvalue weighted by atomic mass is 32.2. The summed E-state index contributed by atoms with van der Waals surface area (Å²) in [6, 6.07) is 11.6. The number of amides is 1. The van der Waals surface area contributed by atoms with Gasteiger partial charge in [0.2, 0.25) is 5.91 Å². The summed E-state index contributed by atoms with van der Waals surface area (Å²) in [5.74, 6) is 1.26. The second-order valence-corrected chi connectivity index (χ2v) is 8.36. The minimum absolute atomic E-state index is 0.152. The summed E-state index contributed by atoms with van der Waals surface area (Å²) in [4.78, 5) is 12.6. The van der Waals surface area contributed by atoms with E-state index in [0.29, 0.717) is 22.3 Å². The van der Waals surface area contributed by atoms with E-state index >= 15 is 0 Å². The number of thioether (sulfide) groups is 1. The molecule has 2 heterocycles. The van der Waals surface area contributed by atoms with Crippen molar-refractivity contribution in [2.45, 2.75) is 25.9 Å². The molecule has 0 unspecified atom stereocenters. The van der Waals surface area contributed by atoms with Gasteiger partial charge >= 0.3 is 0 Å². The van der Waals surface area contributed by atoms with Crippen molar-refractivity contribution < 1.29 is 14.3 Å². The molecule has 0 spiro atoms. The largest absolute Gasteiger partial charge is 0.497 e. The van der Waals surface area contributed by atoms with Crippen molar-refractivity contribution in [3.63, 3.8) is 0 Å². The number of fused-ring (bicyclic) bond motifs is 3. The first-order chi connectivity index (χ1) is 14.9. The molecule has 0 saturated carbocycles. The summed E-state index contributed by atoms with van der Waals surface area (Å²) in [6.45, 7) is 6.26. The number of hydrogen-bond acceptors (Lipinski definition) is 6. The van der Waals surface area contributed by atoms with Crippen molar-refractivity contribution in [2.75, 3.05) is 25.3 Å². The fourth-order valence-corrected chi connectivity index (χ4v) is 4.46. The van der Waals surface area contributed by atoms with E-state index in [9.17, 15) is 4.79 Å². The maximum absolute atomic E-state index is 12.6. The topological polar surface area (TPSA) is 77.8 Å². The van der Waals surface area contributed by atoms with Gasteiger partial charge in [0, 0.05) is 29.3 Å². The van der Waals surface area contributed by atoms with E-state index in [1.165, 1.54) is 22.7 Å². The predicted molar refractivity (Wildman–Crippen MR) is 124 cm³/mol. The standard InChI is InChI=1S/C23H24N4O3S/c1-13-6-15(3)22-19(7-13)14(2)8-20-25-26-23(27(20)22)31-12-21(28)24-16-9-17(29-4)11-18(10-16)30-5/h6-11H,12H2,1-5H3,(H,24,28). The van der Waals surface area contributed by atoms with E-state index < -0.39 is 0 Å². The molecule has 31 heavy (non-hydrogen) atoms. The van der Waals surface area contributed by atoms with E-state index in [0.717, 1.165) is 22.3 Å². The molecule has 0 bridgehead atoms. The Morgan fingerprint density at radius 1 is 0.968 bits per heavy atom. The van der Waals surface area contributed by atoms with E-state index in [-0.39, 0.29) is 11.7 Å². The van der Waals surface area contributed by atoms with Crippen LogP contribution in [-0.2, 0) is 4.79 Å². The Morgan fingerprint density at radius 2 is 1.68 bits per heavy atom. The third-order valence-corrected chi connectivity index (χ3v) is 5.99. The second-order valence-electron chi connectivity index (χ2n) is 7.42. The Bertz CT molecular complexity index is 1280. The smallest absolute Gasteiger partial charge is 0.234 e. The molecule has 4 rings (SSSR count). The van der Waals surface area contributed by atoms with Gasteiger partial charge < -0.3 is 14.8 Å². The molecule has 2 aromatic heterocycles. The third kappa shape index (κ3) is 4.16. The van der Waals surface area contributed by atoms with Crippen LogP contribution in [-0.4, -0.2) is 40.5 Å². The number of aryl methyl sites for hydroxylation is 3. The molecule has 8 heteroatoms. The predicted octanol–water partition coefficient (Wildman–Crippen LogP) is 4.56. The van der Waals surface area contributed by atoms with Gasteiger partial charge in [0.25, 0.3) is 0 Å². The van der Waals surface area contributed by atoms with Crippen LogP contribution in [0.1, 0.15) is 16.7 Å². The van der Waals surface area contributed by atoms with Crippen LogP contribution < -0.4 is 14.8 Å². The molecule has 0 aliphatic carbocycles. The number of nitrogens with one attached hydrogen (secondary N) is 1. The summed E-state index contributed by atoms with van der Waals surface area (Å²) in [7, 11) is 3.14. The average Bonchev–Trinajstić information content (AvgIpc) is 3.14. The van der Waals surface area contributed by atoms with Gasteiger partial charge in [-0.05, 0) is 44.0 Å². The van der Waals surface area contributed by atoms with Crippen LogP contribution >= 0.6 is 11.8 Å². The monoisotopic (exact) mass is 436 g/mol. The number of anilines is 1. The quantitative estimate of drug-likeness (QED) is 0.447. The molecule has 1 amide bonds.